The fourth-order valence-corrected chi connectivity index (χ4v) is 2.82. The summed E-state index contributed by atoms with van der Waals surface area (Å²) in [5.74, 6) is 0. The van der Waals surface area contributed by atoms with Crippen molar-refractivity contribution in [2.45, 2.75) is 19.4 Å². The Balaban J connectivity index is 2.15. The molecule has 0 aliphatic carbocycles. The number of likely N-dealkylation sites (N-methyl/N-ethyl adjacent to an activating group) is 1. The van der Waals surface area contributed by atoms with Gasteiger partial charge in [0, 0.05) is 23.5 Å². The van der Waals surface area contributed by atoms with Crippen LogP contribution in [0.1, 0.15) is 21.5 Å². The summed E-state index contributed by atoms with van der Waals surface area (Å²) in [5, 5.41) is 7.32. The quantitative estimate of drug-likeness (QED) is 0.885. The first-order valence-electron chi connectivity index (χ1n) is 4.64. The average Bonchev–Trinajstić information content (AvgIpc) is 2.85. The predicted octanol–water partition coefficient (Wildman–Crippen LogP) is 1.81. The zero-order valence-electron chi connectivity index (χ0n) is 8.60. The van der Waals surface area contributed by atoms with Gasteiger partial charge in [0.2, 0.25) is 0 Å². The van der Waals surface area contributed by atoms with Gasteiger partial charge in [-0.25, -0.2) is 0 Å². The number of nitrogens with one attached hydrogen (secondary N) is 1. The highest BCUT2D eigenvalue weighted by Crippen LogP contribution is 2.24. The molecule has 2 aromatic rings. The van der Waals surface area contributed by atoms with E-state index in [1.165, 1.54) is 21.3 Å². The number of aromatic nitrogens is 3. The first-order valence-corrected chi connectivity index (χ1v) is 6.30. The lowest BCUT2D eigenvalue weighted by atomic mass is 10.1. The molecule has 0 spiro atoms. The van der Waals surface area contributed by atoms with Crippen molar-refractivity contribution in [2.24, 2.45) is 0 Å². The van der Waals surface area contributed by atoms with Gasteiger partial charge in [0.25, 0.3) is 0 Å². The van der Waals surface area contributed by atoms with Crippen molar-refractivity contribution in [2.75, 3.05) is 7.05 Å². The zero-order valence-corrected chi connectivity index (χ0v) is 10.2. The molecule has 4 nitrogen and oxygen atoms in total. The number of aryl methyl sites for hydroxylation is 1. The van der Waals surface area contributed by atoms with E-state index in [1.807, 2.05) is 25.7 Å². The van der Waals surface area contributed by atoms with Gasteiger partial charge in [-0.3, -0.25) is 4.98 Å². The van der Waals surface area contributed by atoms with Crippen molar-refractivity contribution >= 4 is 22.9 Å². The summed E-state index contributed by atoms with van der Waals surface area (Å²) in [7, 11) is 1.96. The Hall–Kier alpha value is -0.850. The van der Waals surface area contributed by atoms with Gasteiger partial charge in [-0.15, -0.1) is 16.4 Å². The van der Waals surface area contributed by atoms with Crippen LogP contribution in [-0.4, -0.2) is 21.6 Å². The molecule has 1 unspecified atom stereocenters. The van der Waals surface area contributed by atoms with Crippen LogP contribution in [0, 0.1) is 6.92 Å². The van der Waals surface area contributed by atoms with Crippen LogP contribution in [0.15, 0.2) is 11.7 Å². The van der Waals surface area contributed by atoms with Crippen molar-refractivity contribution in [3.8, 4) is 0 Å². The second-order valence-electron chi connectivity index (χ2n) is 3.24. The molecule has 80 valence electrons. The number of hydrogen-bond donors (Lipinski definition) is 1. The third-order valence-corrected chi connectivity index (χ3v) is 3.98. The Morgan fingerprint density at radius 3 is 2.93 bits per heavy atom. The first-order chi connectivity index (χ1) is 7.31. The van der Waals surface area contributed by atoms with Crippen molar-refractivity contribution in [1.29, 1.82) is 0 Å². The topological polar surface area (TPSA) is 50.7 Å². The SMILES string of the molecule is CNC(Cc1cncs1)c1snnc1C. The van der Waals surface area contributed by atoms with E-state index < -0.39 is 0 Å². The van der Waals surface area contributed by atoms with Crippen LogP contribution >= 0.6 is 22.9 Å². The van der Waals surface area contributed by atoms with Crippen LogP contribution < -0.4 is 5.32 Å². The molecule has 0 amide bonds. The Morgan fingerprint density at radius 2 is 2.40 bits per heavy atom. The van der Waals surface area contributed by atoms with E-state index in [9.17, 15) is 0 Å². The largest absolute Gasteiger partial charge is 0.312 e. The standard InChI is InChI=1S/C9H12N4S2/c1-6-9(15-13-12-6)8(10-2)3-7-4-11-5-14-7/h4-5,8,10H,3H2,1-2H3. The minimum atomic E-state index is 0.297. The van der Waals surface area contributed by atoms with Crippen molar-refractivity contribution in [1.82, 2.24) is 19.9 Å². The van der Waals surface area contributed by atoms with E-state index in [1.54, 1.807) is 11.3 Å². The molecule has 1 atom stereocenters. The van der Waals surface area contributed by atoms with Crippen molar-refractivity contribution in [3.05, 3.63) is 27.2 Å². The van der Waals surface area contributed by atoms with Gasteiger partial charge in [0.1, 0.15) is 0 Å². The van der Waals surface area contributed by atoms with Gasteiger partial charge in [-0.2, -0.15) is 0 Å². The van der Waals surface area contributed by atoms with Crippen LogP contribution in [-0.2, 0) is 6.42 Å². The molecule has 0 saturated carbocycles. The molecular formula is C9H12N4S2. The van der Waals surface area contributed by atoms with Gasteiger partial charge in [0.05, 0.1) is 16.1 Å². The van der Waals surface area contributed by atoms with Crippen LogP contribution in [0.3, 0.4) is 0 Å². The molecule has 6 heteroatoms. The minimum absolute atomic E-state index is 0.297. The third-order valence-electron chi connectivity index (χ3n) is 2.24. The van der Waals surface area contributed by atoms with E-state index in [-0.39, 0.29) is 0 Å². The Labute approximate surface area is 96.5 Å². The van der Waals surface area contributed by atoms with E-state index in [0.717, 1.165) is 12.1 Å². The minimum Gasteiger partial charge on any atom is -0.312 e. The van der Waals surface area contributed by atoms with Gasteiger partial charge in [0.15, 0.2) is 0 Å². The Kier molecular flexibility index (Phi) is 3.40. The molecule has 0 aliphatic rings. The summed E-state index contributed by atoms with van der Waals surface area (Å²) in [6, 6.07) is 0.297. The van der Waals surface area contributed by atoms with Gasteiger partial charge in [-0.1, -0.05) is 4.49 Å². The highest BCUT2D eigenvalue weighted by molar-refractivity contribution is 7.09. The normalized spacial score (nSPS) is 12.9. The number of rotatable bonds is 4. The lowest BCUT2D eigenvalue weighted by Crippen LogP contribution is -2.18. The van der Waals surface area contributed by atoms with Crippen LogP contribution in [0.25, 0.3) is 0 Å². The van der Waals surface area contributed by atoms with Gasteiger partial charge >= 0.3 is 0 Å². The summed E-state index contributed by atoms with van der Waals surface area (Å²) < 4.78 is 3.96. The maximum Gasteiger partial charge on any atom is 0.0794 e. The molecule has 2 rings (SSSR count). The summed E-state index contributed by atoms with van der Waals surface area (Å²) in [6.45, 7) is 2.00. The second-order valence-corrected chi connectivity index (χ2v) is 4.99. The fourth-order valence-electron chi connectivity index (χ4n) is 1.43. The summed E-state index contributed by atoms with van der Waals surface area (Å²) in [6.07, 6.45) is 2.87. The summed E-state index contributed by atoms with van der Waals surface area (Å²) >= 11 is 3.15. The molecule has 0 aromatic carbocycles. The smallest absolute Gasteiger partial charge is 0.0794 e. The molecule has 0 saturated heterocycles. The van der Waals surface area contributed by atoms with Crippen molar-refractivity contribution < 1.29 is 0 Å². The first kappa shape index (κ1) is 10.7. The number of nitrogens with zero attached hydrogens (tertiary/aromatic N) is 3. The van der Waals surface area contributed by atoms with E-state index in [4.69, 9.17) is 0 Å². The second kappa shape index (κ2) is 4.78. The molecular weight excluding hydrogens is 228 g/mol. The zero-order chi connectivity index (χ0) is 10.7. The van der Waals surface area contributed by atoms with E-state index in [0.29, 0.717) is 6.04 Å². The fraction of sp³-hybridized carbons (Fsp3) is 0.444. The van der Waals surface area contributed by atoms with Gasteiger partial charge in [-0.05, 0) is 25.5 Å². The number of thiazole rings is 1. The maximum atomic E-state index is 4.08. The predicted molar refractivity (Wildman–Crippen MR) is 62.3 cm³/mol. The van der Waals surface area contributed by atoms with Crippen LogP contribution in [0.5, 0.6) is 0 Å². The molecule has 15 heavy (non-hydrogen) atoms. The Morgan fingerprint density at radius 1 is 1.53 bits per heavy atom. The van der Waals surface area contributed by atoms with E-state index in [2.05, 4.69) is 19.9 Å². The monoisotopic (exact) mass is 240 g/mol. The summed E-state index contributed by atoms with van der Waals surface area (Å²) in [4.78, 5) is 6.57. The molecule has 0 fully saturated rings. The molecule has 2 heterocycles. The maximum absolute atomic E-state index is 4.08. The lowest BCUT2D eigenvalue weighted by Gasteiger charge is -2.12. The van der Waals surface area contributed by atoms with Crippen LogP contribution in [0.4, 0.5) is 0 Å². The molecule has 2 aromatic heterocycles. The van der Waals surface area contributed by atoms with Gasteiger partial charge < -0.3 is 5.32 Å². The number of hydrogen-bond acceptors (Lipinski definition) is 6. The summed E-state index contributed by atoms with van der Waals surface area (Å²) in [5.41, 5.74) is 2.88. The van der Waals surface area contributed by atoms with Crippen molar-refractivity contribution in [3.63, 3.8) is 0 Å². The lowest BCUT2D eigenvalue weighted by molar-refractivity contribution is 0.602. The molecule has 1 N–H and O–H groups in total. The highest BCUT2D eigenvalue weighted by Gasteiger charge is 2.16. The molecule has 0 radical (unpaired) electrons. The highest BCUT2D eigenvalue weighted by atomic mass is 32.1. The van der Waals surface area contributed by atoms with Crippen LogP contribution in [0.2, 0.25) is 0 Å². The average molecular weight is 240 g/mol. The van der Waals surface area contributed by atoms with E-state index >= 15 is 0 Å². The third kappa shape index (κ3) is 2.39. The molecule has 0 bridgehead atoms. The Bertz CT molecular complexity index is 409. The molecule has 0 aliphatic heterocycles.